The van der Waals surface area contributed by atoms with Crippen LogP contribution in [0.3, 0.4) is 0 Å². The summed E-state index contributed by atoms with van der Waals surface area (Å²) < 4.78 is 0. The summed E-state index contributed by atoms with van der Waals surface area (Å²) in [6.07, 6.45) is 0. The van der Waals surface area contributed by atoms with Gasteiger partial charge in [-0.05, 0) is 28.2 Å². The zero-order valence-corrected chi connectivity index (χ0v) is 13.1. The van der Waals surface area contributed by atoms with Crippen LogP contribution in [-0.4, -0.2) is 51.1 Å². The van der Waals surface area contributed by atoms with Crippen LogP contribution in [0.2, 0.25) is 0 Å². The quantitative estimate of drug-likeness (QED) is 0.517. The first-order valence-corrected chi connectivity index (χ1v) is 5.25. The molecule has 104 valence electrons. The van der Waals surface area contributed by atoms with Crippen LogP contribution in [0.15, 0.2) is 24.3 Å². The van der Waals surface area contributed by atoms with Crippen molar-refractivity contribution in [2.45, 2.75) is 6.92 Å². The fourth-order valence-electron chi connectivity index (χ4n) is 0.883. The smallest absolute Gasteiger partial charge is 0.0103 e. The fourth-order valence-corrected chi connectivity index (χ4v) is 0.883. The molecule has 0 aliphatic heterocycles. The van der Waals surface area contributed by atoms with E-state index in [4.69, 9.17) is 0 Å². The Balaban J connectivity index is -0.000000207. The van der Waals surface area contributed by atoms with Crippen LogP contribution >= 0.6 is 0 Å². The van der Waals surface area contributed by atoms with Gasteiger partial charge in [-0.25, -0.2) is 0 Å². The van der Waals surface area contributed by atoms with Gasteiger partial charge < -0.3 is 22.2 Å². The van der Waals surface area contributed by atoms with Crippen LogP contribution in [0, 0.1) is 13.0 Å². The third-order valence-electron chi connectivity index (χ3n) is 1.86. The first kappa shape index (κ1) is 22.1. The topological polar surface area (TPSA) is 6.48 Å². The third kappa shape index (κ3) is 18.5. The minimum atomic E-state index is 0. The second kappa shape index (κ2) is 14.0. The Labute approximate surface area is 123 Å². The molecule has 0 radical (unpaired) electrons. The Hall–Kier alpha value is -0.0765. The number of halogens is 1. The molecule has 2 nitrogen and oxygen atoms in total. The molecule has 0 aliphatic carbocycles. The maximum atomic E-state index is 3.03. The second-order valence-electron chi connectivity index (χ2n) is 4.15. The largest absolute Gasteiger partial charge is 1.00 e. The van der Waals surface area contributed by atoms with Crippen LogP contribution in [0.1, 0.15) is 5.56 Å². The van der Waals surface area contributed by atoms with Gasteiger partial charge in [0.15, 0.2) is 0 Å². The van der Waals surface area contributed by atoms with E-state index in [1.165, 1.54) is 5.56 Å². The maximum Gasteiger partial charge on any atom is 0.0103 e. The minimum Gasteiger partial charge on any atom is -1.00 e. The van der Waals surface area contributed by atoms with Gasteiger partial charge in [0.2, 0.25) is 0 Å². The average Bonchev–Trinajstić information content (AvgIpc) is 2.17. The van der Waals surface area contributed by atoms with Gasteiger partial charge in [0, 0.05) is 29.6 Å². The summed E-state index contributed by atoms with van der Waals surface area (Å²) in [6.45, 7) is 4.32. The average molecular weight is 301 g/mol. The standard InChI is InChI=1S/C7H7.C6H16N2.ClH.Ni/c1-7-5-3-2-4-6-7;1-7(2)5-6-8(3)4;;/h2-5H,1H3;5-6H2,1-4H3;1H;/q-1;;;/p-1. The molecule has 0 saturated heterocycles. The van der Waals surface area contributed by atoms with E-state index >= 15 is 0 Å². The molecule has 0 aromatic heterocycles. The van der Waals surface area contributed by atoms with Gasteiger partial charge in [-0.1, -0.05) is 6.92 Å². The van der Waals surface area contributed by atoms with E-state index in [0.29, 0.717) is 0 Å². The van der Waals surface area contributed by atoms with Crippen molar-refractivity contribution in [3.63, 3.8) is 0 Å². The van der Waals surface area contributed by atoms with Gasteiger partial charge in [-0.2, -0.15) is 35.9 Å². The number of aryl methyl sites for hydroxylation is 1. The number of benzene rings is 1. The molecule has 1 aromatic rings. The van der Waals surface area contributed by atoms with Crippen molar-refractivity contribution in [2.24, 2.45) is 0 Å². The van der Waals surface area contributed by atoms with E-state index in [-0.39, 0.29) is 28.9 Å². The molecule has 0 saturated carbocycles. The van der Waals surface area contributed by atoms with Crippen LogP contribution in [0.25, 0.3) is 0 Å². The number of likely N-dealkylation sites (N-methyl/N-ethyl adjacent to an activating group) is 2. The van der Waals surface area contributed by atoms with Crippen LogP contribution in [0.4, 0.5) is 0 Å². The number of rotatable bonds is 3. The molecular formula is C13H23ClN2Ni-2. The molecule has 0 spiro atoms. The monoisotopic (exact) mass is 300 g/mol. The van der Waals surface area contributed by atoms with E-state index in [1.54, 1.807) is 0 Å². The van der Waals surface area contributed by atoms with Crippen molar-refractivity contribution in [2.75, 3.05) is 41.3 Å². The molecule has 0 heterocycles. The Morgan fingerprint density at radius 3 is 1.65 bits per heavy atom. The van der Waals surface area contributed by atoms with Gasteiger partial charge in [-0.3, -0.25) is 0 Å². The summed E-state index contributed by atoms with van der Waals surface area (Å²) in [4.78, 5) is 4.36. The van der Waals surface area contributed by atoms with Gasteiger partial charge in [0.05, 0.1) is 0 Å². The number of nitrogens with zero attached hydrogens (tertiary/aromatic N) is 2. The zero-order valence-electron chi connectivity index (χ0n) is 11.3. The second-order valence-corrected chi connectivity index (χ2v) is 4.15. The van der Waals surface area contributed by atoms with Gasteiger partial charge >= 0.3 is 0 Å². The van der Waals surface area contributed by atoms with E-state index in [9.17, 15) is 0 Å². The van der Waals surface area contributed by atoms with Crippen LogP contribution < -0.4 is 12.4 Å². The van der Waals surface area contributed by atoms with Crippen molar-refractivity contribution >= 4 is 0 Å². The molecular weight excluding hydrogens is 278 g/mol. The Kier molecular flexibility index (Phi) is 18.2. The molecule has 0 fully saturated rings. The fraction of sp³-hybridized carbons (Fsp3) is 0.538. The molecule has 1 aromatic carbocycles. The van der Waals surface area contributed by atoms with Crippen LogP contribution in [0.5, 0.6) is 0 Å². The predicted molar refractivity (Wildman–Crippen MR) is 67.1 cm³/mol. The van der Waals surface area contributed by atoms with Crippen molar-refractivity contribution in [3.8, 4) is 0 Å². The van der Waals surface area contributed by atoms with Crippen LogP contribution in [-0.2, 0) is 16.5 Å². The van der Waals surface area contributed by atoms with E-state index < -0.39 is 0 Å². The summed E-state index contributed by atoms with van der Waals surface area (Å²) in [5.41, 5.74) is 1.20. The molecule has 4 heteroatoms. The number of hydrogen-bond acceptors (Lipinski definition) is 2. The van der Waals surface area contributed by atoms with Gasteiger partial charge in [0.1, 0.15) is 0 Å². The zero-order chi connectivity index (χ0) is 11.7. The van der Waals surface area contributed by atoms with E-state index in [1.807, 2.05) is 31.2 Å². The van der Waals surface area contributed by atoms with Crippen molar-refractivity contribution < 1.29 is 28.9 Å². The van der Waals surface area contributed by atoms with Crippen molar-refractivity contribution in [3.05, 3.63) is 35.9 Å². The summed E-state index contributed by atoms with van der Waals surface area (Å²) in [7, 11) is 8.35. The molecule has 0 unspecified atom stereocenters. The third-order valence-corrected chi connectivity index (χ3v) is 1.86. The summed E-state index contributed by atoms with van der Waals surface area (Å²) in [5.74, 6) is 0. The molecule has 17 heavy (non-hydrogen) atoms. The molecule has 0 amide bonds. The first-order chi connectivity index (χ1) is 7.02. The molecule has 0 bridgehead atoms. The molecule has 0 atom stereocenters. The SMILES string of the molecule is CN(C)CCN(C)C.Cc1[c-]cccc1.[Cl-].[Ni]. The Bertz CT molecular complexity index is 232. The summed E-state index contributed by atoms with van der Waals surface area (Å²) in [5, 5.41) is 0. The molecule has 0 aliphatic rings. The Morgan fingerprint density at radius 2 is 1.47 bits per heavy atom. The van der Waals surface area contributed by atoms with Gasteiger partial charge in [0.25, 0.3) is 0 Å². The summed E-state index contributed by atoms with van der Waals surface area (Å²) >= 11 is 0. The minimum absolute atomic E-state index is 0. The van der Waals surface area contributed by atoms with E-state index in [2.05, 4.69) is 44.1 Å². The molecule has 0 N–H and O–H groups in total. The Morgan fingerprint density at radius 1 is 1.00 bits per heavy atom. The summed E-state index contributed by atoms with van der Waals surface area (Å²) in [6, 6.07) is 10.9. The first-order valence-electron chi connectivity index (χ1n) is 5.25. The molecule has 1 rings (SSSR count). The predicted octanol–water partition coefficient (Wildman–Crippen LogP) is -1.09. The maximum absolute atomic E-state index is 3.03. The van der Waals surface area contributed by atoms with Gasteiger partial charge in [-0.15, -0.1) is 0 Å². The van der Waals surface area contributed by atoms with Crippen molar-refractivity contribution in [1.29, 1.82) is 0 Å². The van der Waals surface area contributed by atoms with E-state index in [0.717, 1.165) is 13.1 Å². The normalized spacial score (nSPS) is 8.88. The number of hydrogen-bond donors (Lipinski definition) is 0. The van der Waals surface area contributed by atoms with Crippen molar-refractivity contribution in [1.82, 2.24) is 9.80 Å².